The molecule has 2 aromatic carbocycles. The molecule has 1 amide bonds. The quantitative estimate of drug-likeness (QED) is 0.700. The Morgan fingerprint density at radius 3 is 2.83 bits per heavy atom. The van der Waals surface area contributed by atoms with Gasteiger partial charge in [-0.25, -0.2) is 14.4 Å². The lowest BCUT2D eigenvalue weighted by Gasteiger charge is -2.13. The van der Waals surface area contributed by atoms with Crippen LogP contribution in [0.3, 0.4) is 0 Å². The third-order valence-corrected chi connectivity index (χ3v) is 5.06. The van der Waals surface area contributed by atoms with Crippen molar-refractivity contribution in [3.8, 4) is 28.4 Å². The summed E-state index contributed by atoms with van der Waals surface area (Å²) in [7, 11) is 0. The maximum atomic E-state index is 14.1. The van der Waals surface area contributed by atoms with Gasteiger partial charge in [-0.15, -0.1) is 0 Å². The lowest BCUT2D eigenvalue weighted by molar-refractivity contribution is -0.120. The summed E-state index contributed by atoms with van der Waals surface area (Å²) in [5.74, 6) is 1.47. The van der Waals surface area contributed by atoms with Gasteiger partial charge in [0, 0.05) is 35.5 Å². The van der Waals surface area contributed by atoms with Crippen LogP contribution < -0.4 is 19.5 Å². The summed E-state index contributed by atoms with van der Waals surface area (Å²) in [6.07, 6.45) is 5.11. The first-order valence-corrected chi connectivity index (χ1v) is 9.55. The molecule has 3 heterocycles. The van der Waals surface area contributed by atoms with Gasteiger partial charge in [-0.1, -0.05) is 6.07 Å². The molecule has 7 nitrogen and oxygen atoms in total. The fraction of sp³-hybridized carbons (Fsp3) is 0.227. The molecule has 0 fully saturated rings. The standard InChI is InChI=1S/C22H18FN3O4/c23-16-5-14-6-17(30-22(14)18(7-16)15-8-24-11-25-9-15)10-26-21(27)4-13-1-2-19-20(3-13)29-12-28-19/h1-3,5,7-9,11,17H,4,6,10,12H2,(H,26,27)/t17-/m0/s1. The Morgan fingerprint density at radius 1 is 1.13 bits per heavy atom. The van der Waals surface area contributed by atoms with Gasteiger partial charge in [0.2, 0.25) is 12.7 Å². The highest BCUT2D eigenvalue weighted by molar-refractivity contribution is 5.79. The Hall–Kier alpha value is -3.68. The van der Waals surface area contributed by atoms with E-state index in [4.69, 9.17) is 14.2 Å². The molecule has 0 saturated heterocycles. The lowest BCUT2D eigenvalue weighted by Crippen LogP contribution is -2.35. The van der Waals surface area contributed by atoms with Crippen molar-refractivity contribution in [3.63, 3.8) is 0 Å². The molecule has 0 radical (unpaired) electrons. The molecule has 3 aromatic rings. The van der Waals surface area contributed by atoms with Crippen molar-refractivity contribution in [2.75, 3.05) is 13.3 Å². The molecule has 152 valence electrons. The summed E-state index contributed by atoms with van der Waals surface area (Å²) < 4.78 is 30.8. The molecule has 0 saturated carbocycles. The number of benzene rings is 2. The maximum Gasteiger partial charge on any atom is 0.231 e. The number of rotatable bonds is 5. The second kappa shape index (κ2) is 7.62. The highest BCUT2D eigenvalue weighted by atomic mass is 19.1. The van der Waals surface area contributed by atoms with Crippen LogP contribution in [0.1, 0.15) is 11.1 Å². The van der Waals surface area contributed by atoms with Crippen molar-refractivity contribution in [2.24, 2.45) is 0 Å². The minimum absolute atomic E-state index is 0.128. The van der Waals surface area contributed by atoms with Crippen LogP contribution in [-0.4, -0.2) is 35.3 Å². The van der Waals surface area contributed by atoms with Crippen LogP contribution in [0.4, 0.5) is 4.39 Å². The van der Waals surface area contributed by atoms with Crippen LogP contribution in [0.2, 0.25) is 0 Å². The van der Waals surface area contributed by atoms with Crippen LogP contribution in [0.15, 0.2) is 49.1 Å². The van der Waals surface area contributed by atoms with E-state index in [1.165, 1.54) is 18.5 Å². The van der Waals surface area contributed by atoms with Gasteiger partial charge in [-0.2, -0.15) is 0 Å². The van der Waals surface area contributed by atoms with Crippen molar-refractivity contribution in [1.29, 1.82) is 0 Å². The van der Waals surface area contributed by atoms with Crippen molar-refractivity contribution in [1.82, 2.24) is 15.3 Å². The van der Waals surface area contributed by atoms with E-state index in [-0.39, 0.29) is 31.0 Å². The Bertz CT molecular complexity index is 1110. The van der Waals surface area contributed by atoms with E-state index in [1.807, 2.05) is 6.07 Å². The maximum absolute atomic E-state index is 14.1. The SMILES string of the molecule is O=C(Cc1ccc2c(c1)OCO2)NC[C@@H]1Cc2cc(F)cc(-c3cncnc3)c2O1. The number of carbonyl (C=O) groups is 1. The number of aromatic nitrogens is 2. The lowest BCUT2D eigenvalue weighted by atomic mass is 10.0. The number of fused-ring (bicyclic) bond motifs is 2. The minimum Gasteiger partial charge on any atom is -0.487 e. The molecule has 1 N–H and O–H groups in total. The van der Waals surface area contributed by atoms with E-state index in [0.717, 1.165) is 11.1 Å². The van der Waals surface area contributed by atoms with Gasteiger partial charge >= 0.3 is 0 Å². The summed E-state index contributed by atoms with van der Waals surface area (Å²) in [5.41, 5.74) is 2.89. The number of carbonyl (C=O) groups excluding carboxylic acids is 1. The van der Waals surface area contributed by atoms with Crippen LogP contribution in [0.25, 0.3) is 11.1 Å². The molecule has 0 unspecified atom stereocenters. The molecule has 0 spiro atoms. The van der Waals surface area contributed by atoms with Crippen molar-refractivity contribution < 1.29 is 23.4 Å². The first-order chi connectivity index (χ1) is 14.7. The van der Waals surface area contributed by atoms with E-state index in [0.29, 0.717) is 41.3 Å². The summed E-state index contributed by atoms with van der Waals surface area (Å²) in [5, 5.41) is 2.90. The van der Waals surface area contributed by atoms with E-state index >= 15 is 0 Å². The van der Waals surface area contributed by atoms with Crippen LogP contribution in [0, 0.1) is 5.82 Å². The summed E-state index contributed by atoms with van der Waals surface area (Å²) in [6, 6.07) is 8.33. The Morgan fingerprint density at radius 2 is 1.97 bits per heavy atom. The molecule has 8 heteroatoms. The number of hydrogen-bond acceptors (Lipinski definition) is 6. The average molecular weight is 407 g/mol. The third kappa shape index (κ3) is 3.63. The monoisotopic (exact) mass is 407 g/mol. The largest absolute Gasteiger partial charge is 0.487 e. The zero-order chi connectivity index (χ0) is 20.5. The Balaban J connectivity index is 1.23. The molecular weight excluding hydrogens is 389 g/mol. The van der Waals surface area contributed by atoms with Crippen molar-refractivity contribution in [3.05, 3.63) is 66.0 Å². The summed E-state index contributed by atoms with van der Waals surface area (Å²) in [6.45, 7) is 0.521. The summed E-state index contributed by atoms with van der Waals surface area (Å²) in [4.78, 5) is 20.4. The Labute approximate surface area is 171 Å². The first kappa shape index (κ1) is 18.4. The zero-order valence-corrected chi connectivity index (χ0v) is 15.9. The van der Waals surface area contributed by atoms with Crippen molar-refractivity contribution in [2.45, 2.75) is 18.9 Å². The molecule has 2 aliphatic rings. The third-order valence-electron chi connectivity index (χ3n) is 5.06. The number of nitrogens with one attached hydrogen (secondary N) is 1. The molecule has 1 aromatic heterocycles. The van der Waals surface area contributed by atoms with Gasteiger partial charge in [0.1, 0.15) is 24.0 Å². The van der Waals surface area contributed by atoms with E-state index < -0.39 is 0 Å². The number of hydrogen-bond donors (Lipinski definition) is 1. The van der Waals surface area contributed by atoms with Crippen LogP contribution >= 0.6 is 0 Å². The van der Waals surface area contributed by atoms with Gasteiger partial charge in [0.25, 0.3) is 0 Å². The normalized spacial score (nSPS) is 16.1. The molecule has 30 heavy (non-hydrogen) atoms. The molecule has 5 rings (SSSR count). The van der Waals surface area contributed by atoms with E-state index in [9.17, 15) is 9.18 Å². The minimum atomic E-state index is -0.344. The molecule has 1 atom stereocenters. The molecule has 2 aliphatic heterocycles. The van der Waals surface area contributed by atoms with Crippen LogP contribution in [0.5, 0.6) is 17.2 Å². The first-order valence-electron chi connectivity index (χ1n) is 9.55. The van der Waals surface area contributed by atoms with E-state index in [1.54, 1.807) is 24.5 Å². The second-order valence-corrected chi connectivity index (χ2v) is 7.18. The van der Waals surface area contributed by atoms with Gasteiger partial charge in [-0.05, 0) is 29.8 Å². The highest BCUT2D eigenvalue weighted by Gasteiger charge is 2.27. The average Bonchev–Trinajstić information content (AvgIpc) is 3.38. The topological polar surface area (TPSA) is 82.6 Å². The predicted octanol–water partition coefficient (Wildman–Crippen LogP) is 2.67. The Kier molecular flexibility index (Phi) is 4.66. The van der Waals surface area contributed by atoms with Crippen molar-refractivity contribution >= 4 is 5.91 Å². The fourth-order valence-corrected chi connectivity index (χ4v) is 3.69. The van der Waals surface area contributed by atoms with Crippen LogP contribution in [-0.2, 0) is 17.6 Å². The smallest absolute Gasteiger partial charge is 0.231 e. The number of amides is 1. The van der Waals surface area contributed by atoms with Gasteiger partial charge in [0.15, 0.2) is 11.5 Å². The van der Waals surface area contributed by atoms with Gasteiger partial charge < -0.3 is 19.5 Å². The number of ether oxygens (including phenoxy) is 3. The van der Waals surface area contributed by atoms with Gasteiger partial charge in [0.05, 0.1) is 13.0 Å². The summed E-state index contributed by atoms with van der Waals surface area (Å²) >= 11 is 0. The number of nitrogens with zero attached hydrogens (tertiary/aromatic N) is 2. The second-order valence-electron chi connectivity index (χ2n) is 7.18. The van der Waals surface area contributed by atoms with Gasteiger partial charge in [-0.3, -0.25) is 4.79 Å². The molecule has 0 bridgehead atoms. The fourth-order valence-electron chi connectivity index (χ4n) is 3.69. The van der Waals surface area contributed by atoms with E-state index in [2.05, 4.69) is 15.3 Å². The molecular formula is C22H18FN3O4. The molecule has 0 aliphatic carbocycles. The zero-order valence-electron chi connectivity index (χ0n) is 15.9. The number of halogens is 1. The predicted molar refractivity (Wildman–Crippen MR) is 105 cm³/mol. The highest BCUT2D eigenvalue weighted by Crippen LogP contribution is 2.39.